The van der Waals surface area contributed by atoms with E-state index in [2.05, 4.69) is 12.2 Å². The number of phenolic OH excluding ortho intramolecular Hbond substituents is 1. The molecule has 17 heavy (non-hydrogen) atoms. The standard InChI is InChI=1S/C13H18N2O2/c1-10-9-15(7-6-14-10)13(17)8-11-4-2-3-5-12(11)16/h2-5,10,14,16H,6-9H2,1H3. The van der Waals surface area contributed by atoms with Gasteiger partial charge in [0.1, 0.15) is 5.75 Å². The number of nitrogens with one attached hydrogen (secondary N) is 1. The van der Waals surface area contributed by atoms with Gasteiger partial charge in [0.05, 0.1) is 6.42 Å². The van der Waals surface area contributed by atoms with E-state index in [1.54, 1.807) is 18.2 Å². The summed E-state index contributed by atoms with van der Waals surface area (Å²) in [5, 5.41) is 12.9. The van der Waals surface area contributed by atoms with E-state index in [0.717, 1.165) is 19.6 Å². The monoisotopic (exact) mass is 234 g/mol. The molecular formula is C13H18N2O2. The van der Waals surface area contributed by atoms with Crippen LogP contribution in [0.3, 0.4) is 0 Å². The second-order valence-corrected chi connectivity index (χ2v) is 4.50. The van der Waals surface area contributed by atoms with Gasteiger partial charge in [-0.1, -0.05) is 18.2 Å². The number of phenols is 1. The van der Waals surface area contributed by atoms with Gasteiger partial charge in [-0.2, -0.15) is 0 Å². The van der Waals surface area contributed by atoms with Crippen LogP contribution in [-0.4, -0.2) is 41.6 Å². The van der Waals surface area contributed by atoms with Crippen molar-refractivity contribution in [3.63, 3.8) is 0 Å². The number of hydrogen-bond acceptors (Lipinski definition) is 3. The molecule has 1 unspecified atom stereocenters. The molecule has 1 saturated heterocycles. The van der Waals surface area contributed by atoms with E-state index in [1.165, 1.54) is 0 Å². The molecule has 2 N–H and O–H groups in total. The van der Waals surface area contributed by atoms with Gasteiger partial charge >= 0.3 is 0 Å². The highest BCUT2D eigenvalue weighted by Crippen LogP contribution is 2.17. The van der Waals surface area contributed by atoms with Crippen molar-refractivity contribution >= 4 is 5.91 Å². The lowest BCUT2D eigenvalue weighted by molar-refractivity contribution is -0.131. The van der Waals surface area contributed by atoms with Gasteiger partial charge in [0.25, 0.3) is 0 Å². The summed E-state index contributed by atoms with van der Waals surface area (Å²) in [5.74, 6) is 0.281. The zero-order chi connectivity index (χ0) is 12.3. The van der Waals surface area contributed by atoms with Gasteiger partial charge in [-0.3, -0.25) is 4.79 Å². The number of aromatic hydroxyl groups is 1. The Morgan fingerprint density at radius 3 is 3.00 bits per heavy atom. The quantitative estimate of drug-likeness (QED) is 0.794. The third-order valence-corrected chi connectivity index (χ3v) is 3.05. The smallest absolute Gasteiger partial charge is 0.227 e. The van der Waals surface area contributed by atoms with Gasteiger partial charge < -0.3 is 15.3 Å². The minimum absolute atomic E-state index is 0.0832. The summed E-state index contributed by atoms with van der Waals surface area (Å²) in [6, 6.07) is 7.35. The number of carbonyl (C=O) groups excluding carboxylic acids is 1. The summed E-state index contributed by atoms with van der Waals surface area (Å²) in [6.07, 6.45) is 0.277. The molecule has 2 rings (SSSR count). The summed E-state index contributed by atoms with van der Waals surface area (Å²) in [6.45, 7) is 4.40. The van der Waals surface area contributed by atoms with Crippen LogP contribution in [0.5, 0.6) is 5.75 Å². The molecule has 1 amide bonds. The van der Waals surface area contributed by atoms with Crippen LogP contribution >= 0.6 is 0 Å². The van der Waals surface area contributed by atoms with Crippen molar-refractivity contribution in [2.24, 2.45) is 0 Å². The lowest BCUT2D eigenvalue weighted by Crippen LogP contribution is -2.51. The second kappa shape index (κ2) is 5.19. The minimum atomic E-state index is 0.0832. The molecule has 1 fully saturated rings. The van der Waals surface area contributed by atoms with E-state index in [-0.39, 0.29) is 18.1 Å². The first-order chi connectivity index (χ1) is 8.16. The summed E-state index contributed by atoms with van der Waals surface area (Å²) in [4.78, 5) is 13.9. The molecule has 1 aliphatic heterocycles. The topological polar surface area (TPSA) is 52.6 Å². The zero-order valence-corrected chi connectivity index (χ0v) is 10.0. The molecule has 1 aromatic carbocycles. The Labute approximate surface area is 101 Å². The van der Waals surface area contributed by atoms with E-state index in [4.69, 9.17) is 0 Å². The van der Waals surface area contributed by atoms with E-state index < -0.39 is 0 Å². The Balaban J connectivity index is 1.99. The Hall–Kier alpha value is -1.55. The second-order valence-electron chi connectivity index (χ2n) is 4.50. The molecule has 1 aromatic rings. The highest BCUT2D eigenvalue weighted by atomic mass is 16.3. The molecule has 92 valence electrons. The Morgan fingerprint density at radius 1 is 1.53 bits per heavy atom. The van der Waals surface area contributed by atoms with E-state index in [0.29, 0.717) is 11.6 Å². The number of piperazine rings is 1. The molecule has 4 nitrogen and oxygen atoms in total. The molecule has 1 aliphatic rings. The maximum Gasteiger partial charge on any atom is 0.227 e. The molecule has 0 bridgehead atoms. The van der Waals surface area contributed by atoms with Crippen molar-refractivity contribution < 1.29 is 9.90 Å². The Morgan fingerprint density at radius 2 is 2.29 bits per heavy atom. The lowest BCUT2D eigenvalue weighted by Gasteiger charge is -2.32. The van der Waals surface area contributed by atoms with Gasteiger partial charge in [0.2, 0.25) is 5.91 Å². The predicted molar refractivity (Wildman–Crippen MR) is 65.9 cm³/mol. The Kier molecular flexibility index (Phi) is 3.64. The summed E-state index contributed by atoms with van der Waals surface area (Å²) < 4.78 is 0. The maximum atomic E-state index is 12.1. The summed E-state index contributed by atoms with van der Waals surface area (Å²) in [7, 11) is 0. The molecule has 0 radical (unpaired) electrons. The van der Waals surface area contributed by atoms with Gasteiger partial charge in [-0.05, 0) is 13.0 Å². The van der Waals surface area contributed by atoms with Gasteiger partial charge in [-0.15, -0.1) is 0 Å². The van der Waals surface area contributed by atoms with Crippen LogP contribution in [0.4, 0.5) is 0 Å². The van der Waals surface area contributed by atoms with Crippen molar-refractivity contribution in [3.05, 3.63) is 29.8 Å². The Bertz CT molecular complexity index is 406. The first-order valence-electron chi connectivity index (χ1n) is 5.95. The fourth-order valence-electron chi connectivity index (χ4n) is 2.09. The minimum Gasteiger partial charge on any atom is -0.508 e. The normalized spacial score (nSPS) is 20.3. The first-order valence-corrected chi connectivity index (χ1v) is 5.95. The molecule has 1 heterocycles. The van der Waals surface area contributed by atoms with Crippen LogP contribution in [0.2, 0.25) is 0 Å². The third-order valence-electron chi connectivity index (χ3n) is 3.05. The van der Waals surface area contributed by atoms with Gasteiger partial charge in [0, 0.05) is 31.2 Å². The summed E-state index contributed by atoms with van der Waals surface area (Å²) >= 11 is 0. The number of carbonyl (C=O) groups is 1. The maximum absolute atomic E-state index is 12.1. The molecule has 0 aliphatic carbocycles. The van der Waals surface area contributed by atoms with E-state index in [9.17, 15) is 9.90 Å². The average Bonchev–Trinajstić information content (AvgIpc) is 2.32. The van der Waals surface area contributed by atoms with Crippen LogP contribution < -0.4 is 5.32 Å². The molecule has 0 spiro atoms. The number of hydrogen-bond donors (Lipinski definition) is 2. The van der Waals surface area contributed by atoms with Crippen LogP contribution in [0, 0.1) is 0 Å². The highest BCUT2D eigenvalue weighted by molar-refractivity contribution is 5.79. The van der Waals surface area contributed by atoms with Crippen molar-refractivity contribution in [2.45, 2.75) is 19.4 Å². The number of amides is 1. The van der Waals surface area contributed by atoms with Crippen LogP contribution in [-0.2, 0) is 11.2 Å². The number of para-hydroxylation sites is 1. The third kappa shape index (κ3) is 2.97. The van der Waals surface area contributed by atoms with Crippen LogP contribution in [0.25, 0.3) is 0 Å². The highest BCUT2D eigenvalue weighted by Gasteiger charge is 2.20. The lowest BCUT2D eigenvalue weighted by atomic mass is 10.1. The predicted octanol–water partition coefficient (Wildman–Crippen LogP) is 0.755. The molecule has 0 aromatic heterocycles. The first kappa shape index (κ1) is 11.9. The largest absolute Gasteiger partial charge is 0.508 e. The van der Waals surface area contributed by atoms with Crippen molar-refractivity contribution in [2.75, 3.05) is 19.6 Å². The van der Waals surface area contributed by atoms with Crippen LogP contribution in [0.1, 0.15) is 12.5 Å². The SMILES string of the molecule is CC1CN(C(=O)Cc2ccccc2O)CCN1. The van der Waals surface area contributed by atoms with Crippen LogP contribution in [0.15, 0.2) is 24.3 Å². The zero-order valence-electron chi connectivity index (χ0n) is 10.0. The number of nitrogens with zero attached hydrogens (tertiary/aromatic N) is 1. The van der Waals surface area contributed by atoms with Gasteiger partial charge in [-0.25, -0.2) is 0 Å². The molecule has 1 atom stereocenters. The van der Waals surface area contributed by atoms with Crippen molar-refractivity contribution in [1.29, 1.82) is 0 Å². The number of benzene rings is 1. The molecule has 0 saturated carbocycles. The fourth-order valence-corrected chi connectivity index (χ4v) is 2.09. The average molecular weight is 234 g/mol. The molecule has 4 heteroatoms. The van der Waals surface area contributed by atoms with Crippen molar-refractivity contribution in [3.8, 4) is 5.75 Å². The fraction of sp³-hybridized carbons (Fsp3) is 0.462. The summed E-state index contributed by atoms with van der Waals surface area (Å²) in [5.41, 5.74) is 0.698. The molecular weight excluding hydrogens is 216 g/mol. The van der Waals surface area contributed by atoms with Crippen molar-refractivity contribution in [1.82, 2.24) is 10.2 Å². The van der Waals surface area contributed by atoms with Gasteiger partial charge in [0.15, 0.2) is 0 Å². The van der Waals surface area contributed by atoms with E-state index in [1.807, 2.05) is 11.0 Å². The van der Waals surface area contributed by atoms with E-state index >= 15 is 0 Å². The number of rotatable bonds is 2.